The van der Waals surface area contributed by atoms with E-state index in [0.29, 0.717) is 11.4 Å². The van der Waals surface area contributed by atoms with E-state index in [9.17, 15) is 9.59 Å². The van der Waals surface area contributed by atoms with Crippen LogP contribution in [0.5, 0.6) is 5.75 Å². The number of amides is 1. The van der Waals surface area contributed by atoms with Crippen molar-refractivity contribution in [3.05, 3.63) is 23.8 Å². The number of benzene rings is 1. The molecular weight excluding hydrogens is 314 g/mol. The molecule has 0 aromatic heterocycles. The van der Waals surface area contributed by atoms with Crippen molar-refractivity contribution in [2.24, 2.45) is 0 Å². The van der Waals surface area contributed by atoms with Gasteiger partial charge in [-0.15, -0.1) is 0 Å². The quantitative estimate of drug-likeness (QED) is 0.490. The molecule has 6 nitrogen and oxygen atoms in total. The lowest BCUT2D eigenvalue weighted by molar-refractivity contribution is -0.141. The van der Waals surface area contributed by atoms with Gasteiger partial charge in [0.1, 0.15) is 12.2 Å². The van der Waals surface area contributed by atoms with E-state index in [4.69, 9.17) is 14.4 Å². The van der Waals surface area contributed by atoms with Crippen molar-refractivity contribution in [1.29, 1.82) is 0 Å². The summed E-state index contributed by atoms with van der Waals surface area (Å²) in [6.07, 6.45) is -0.613. The van der Waals surface area contributed by atoms with Gasteiger partial charge in [-0.25, -0.2) is 5.06 Å². The van der Waals surface area contributed by atoms with Gasteiger partial charge in [-0.1, -0.05) is 20.8 Å². The standard InChI is InChI=1S/C16H25NO5Si/c1-16(2,3)12-9-11(7-8-13(12)21-4)17(22-23(5)6)14(18)10-15(19)20/h7-9,23H,10H2,1-6H3,(H,19,20). The highest BCUT2D eigenvalue weighted by Crippen LogP contribution is 2.34. The van der Waals surface area contributed by atoms with E-state index in [2.05, 4.69) is 0 Å². The molecule has 0 bridgehead atoms. The van der Waals surface area contributed by atoms with E-state index in [-0.39, 0.29) is 5.41 Å². The van der Waals surface area contributed by atoms with Gasteiger partial charge in [-0.05, 0) is 36.7 Å². The zero-order valence-electron chi connectivity index (χ0n) is 14.5. The summed E-state index contributed by atoms with van der Waals surface area (Å²) in [7, 11) is -0.00356. The summed E-state index contributed by atoms with van der Waals surface area (Å²) < 4.78 is 11.0. The summed E-state index contributed by atoms with van der Waals surface area (Å²) in [4.78, 5) is 23.1. The SMILES string of the molecule is COc1ccc(N(O[SiH](C)C)C(=O)CC(=O)O)cc1C(C)(C)C. The molecule has 128 valence electrons. The lowest BCUT2D eigenvalue weighted by Crippen LogP contribution is -2.36. The molecule has 0 atom stereocenters. The minimum atomic E-state index is -1.60. The minimum Gasteiger partial charge on any atom is -0.496 e. The number of aliphatic carboxylic acids is 1. The topological polar surface area (TPSA) is 76.1 Å². The average molecular weight is 339 g/mol. The van der Waals surface area contributed by atoms with Crippen molar-refractivity contribution in [3.8, 4) is 5.75 Å². The fourth-order valence-corrected chi connectivity index (χ4v) is 2.74. The smallest absolute Gasteiger partial charge is 0.312 e. The van der Waals surface area contributed by atoms with Crippen LogP contribution in [0.4, 0.5) is 5.69 Å². The lowest BCUT2D eigenvalue weighted by atomic mass is 9.86. The van der Waals surface area contributed by atoms with Gasteiger partial charge in [-0.2, -0.15) is 0 Å². The molecule has 1 rings (SSSR count). The van der Waals surface area contributed by atoms with Crippen molar-refractivity contribution >= 4 is 26.6 Å². The molecule has 0 fully saturated rings. The van der Waals surface area contributed by atoms with Gasteiger partial charge < -0.3 is 14.4 Å². The van der Waals surface area contributed by atoms with Crippen molar-refractivity contribution in [2.75, 3.05) is 12.2 Å². The summed E-state index contributed by atoms with van der Waals surface area (Å²) in [5, 5.41) is 9.98. The van der Waals surface area contributed by atoms with Gasteiger partial charge in [0.25, 0.3) is 5.91 Å². The average Bonchev–Trinajstić information content (AvgIpc) is 2.42. The number of rotatable bonds is 6. The number of nitrogens with zero attached hydrogens (tertiary/aromatic N) is 1. The molecule has 1 N–H and O–H groups in total. The predicted octanol–water partition coefficient (Wildman–Crippen LogP) is 2.72. The van der Waals surface area contributed by atoms with E-state index in [1.807, 2.05) is 39.9 Å². The number of hydroxylamine groups is 1. The third kappa shape index (κ3) is 5.37. The first-order valence-electron chi connectivity index (χ1n) is 7.46. The molecule has 0 unspecified atom stereocenters. The number of ether oxygens (including phenoxy) is 1. The molecule has 23 heavy (non-hydrogen) atoms. The highest BCUT2D eigenvalue weighted by molar-refractivity contribution is 6.48. The number of carboxylic acids is 1. The molecule has 0 radical (unpaired) electrons. The van der Waals surface area contributed by atoms with Crippen LogP contribution in [0.15, 0.2) is 18.2 Å². The Labute approximate surface area is 138 Å². The molecule has 1 aromatic rings. The second kappa shape index (κ2) is 7.61. The van der Waals surface area contributed by atoms with Crippen LogP contribution in [0.25, 0.3) is 0 Å². The van der Waals surface area contributed by atoms with Crippen LogP contribution in [0.2, 0.25) is 13.1 Å². The fraction of sp³-hybridized carbons (Fsp3) is 0.500. The van der Waals surface area contributed by atoms with Gasteiger partial charge >= 0.3 is 5.97 Å². The van der Waals surface area contributed by atoms with Gasteiger partial charge in [0.15, 0.2) is 0 Å². The zero-order chi connectivity index (χ0) is 17.8. The number of carbonyl (C=O) groups excluding carboxylic acids is 1. The van der Waals surface area contributed by atoms with Crippen LogP contribution in [-0.4, -0.2) is 33.1 Å². The maximum Gasteiger partial charge on any atom is 0.312 e. The molecule has 0 saturated carbocycles. The van der Waals surface area contributed by atoms with Gasteiger partial charge in [0.05, 0.1) is 12.8 Å². The summed E-state index contributed by atoms with van der Waals surface area (Å²) >= 11 is 0. The monoisotopic (exact) mass is 339 g/mol. The Kier molecular flexibility index (Phi) is 6.34. The Morgan fingerprint density at radius 1 is 1.26 bits per heavy atom. The molecular formula is C16H25NO5Si. The second-order valence-electron chi connectivity index (χ2n) is 6.55. The van der Waals surface area contributed by atoms with Crippen LogP contribution in [0.1, 0.15) is 32.8 Å². The van der Waals surface area contributed by atoms with Crippen LogP contribution in [0, 0.1) is 0 Å². The summed E-state index contributed by atoms with van der Waals surface area (Å²) in [6.45, 7) is 9.94. The molecule has 0 saturated heterocycles. The Bertz CT molecular complexity index is 580. The van der Waals surface area contributed by atoms with E-state index >= 15 is 0 Å². The summed E-state index contributed by atoms with van der Waals surface area (Å²) in [5.41, 5.74) is 1.24. The largest absolute Gasteiger partial charge is 0.496 e. The third-order valence-electron chi connectivity index (χ3n) is 3.07. The molecule has 7 heteroatoms. The molecule has 0 aliphatic heterocycles. The van der Waals surface area contributed by atoms with E-state index in [1.165, 1.54) is 0 Å². The van der Waals surface area contributed by atoms with Crippen molar-refractivity contribution in [3.63, 3.8) is 0 Å². The maximum atomic E-state index is 12.2. The summed E-state index contributed by atoms with van der Waals surface area (Å²) in [5.74, 6) is -1.06. The first-order valence-corrected chi connectivity index (χ1v) is 10.2. The van der Waals surface area contributed by atoms with Crippen LogP contribution < -0.4 is 9.80 Å². The molecule has 1 aromatic carbocycles. The summed E-state index contributed by atoms with van der Waals surface area (Å²) in [6, 6.07) is 5.28. The lowest BCUT2D eigenvalue weighted by Gasteiger charge is -2.27. The van der Waals surface area contributed by atoms with Crippen LogP contribution >= 0.6 is 0 Å². The number of carboxylic acid groups (broad SMARTS) is 1. The van der Waals surface area contributed by atoms with Gasteiger partial charge in [0.2, 0.25) is 9.04 Å². The van der Waals surface area contributed by atoms with Crippen molar-refractivity contribution < 1.29 is 24.0 Å². The number of carbonyl (C=O) groups is 2. The Morgan fingerprint density at radius 2 is 1.87 bits per heavy atom. The first kappa shape index (κ1) is 19.2. The Hall–Kier alpha value is -1.86. The number of hydrogen-bond donors (Lipinski definition) is 1. The van der Waals surface area contributed by atoms with Gasteiger partial charge in [0, 0.05) is 5.56 Å². The Morgan fingerprint density at radius 3 is 2.30 bits per heavy atom. The molecule has 1 amide bonds. The van der Waals surface area contributed by atoms with Crippen molar-refractivity contribution in [2.45, 2.75) is 45.7 Å². The number of methoxy groups -OCH3 is 1. The molecule has 0 heterocycles. The minimum absolute atomic E-state index is 0.196. The maximum absolute atomic E-state index is 12.2. The third-order valence-corrected chi connectivity index (χ3v) is 3.70. The normalized spacial score (nSPS) is 11.4. The fourth-order valence-electron chi connectivity index (χ4n) is 2.08. The second-order valence-corrected chi connectivity index (χ2v) is 8.86. The highest BCUT2D eigenvalue weighted by atomic mass is 28.3. The van der Waals surface area contributed by atoms with E-state index in [1.54, 1.807) is 19.2 Å². The number of hydrogen-bond acceptors (Lipinski definition) is 4. The first-order chi connectivity index (χ1) is 10.6. The van der Waals surface area contributed by atoms with Crippen LogP contribution in [0.3, 0.4) is 0 Å². The van der Waals surface area contributed by atoms with E-state index < -0.39 is 27.3 Å². The van der Waals surface area contributed by atoms with Gasteiger partial charge in [-0.3, -0.25) is 9.59 Å². The molecule has 0 aliphatic carbocycles. The van der Waals surface area contributed by atoms with Crippen molar-refractivity contribution in [1.82, 2.24) is 0 Å². The molecule has 0 aliphatic rings. The zero-order valence-corrected chi connectivity index (χ0v) is 15.7. The Balaban J connectivity index is 3.30. The highest BCUT2D eigenvalue weighted by Gasteiger charge is 2.25. The van der Waals surface area contributed by atoms with Crippen LogP contribution in [-0.2, 0) is 19.5 Å². The van der Waals surface area contributed by atoms with E-state index in [0.717, 1.165) is 10.6 Å². The number of anilines is 1. The predicted molar refractivity (Wildman–Crippen MR) is 91.4 cm³/mol. The molecule has 0 spiro atoms.